The molecule has 1 N–H and O–H groups in total. The van der Waals surface area contributed by atoms with Crippen LogP contribution in [0.15, 0.2) is 64.8 Å². The molecule has 4 aromatic rings. The van der Waals surface area contributed by atoms with Crippen LogP contribution in [0.25, 0.3) is 17.1 Å². The third kappa shape index (κ3) is 4.54. The molecule has 0 saturated heterocycles. The van der Waals surface area contributed by atoms with Crippen molar-refractivity contribution in [2.45, 2.75) is 25.0 Å². The van der Waals surface area contributed by atoms with Crippen LogP contribution >= 0.6 is 11.8 Å². The fourth-order valence-electron chi connectivity index (χ4n) is 2.83. The molecule has 1 amide bonds. The number of amides is 1. The van der Waals surface area contributed by atoms with Gasteiger partial charge in [-0.2, -0.15) is 4.98 Å². The Kier molecular flexibility index (Phi) is 6.14. The van der Waals surface area contributed by atoms with Gasteiger partial charge in [-0.1, -0.05) is 42.0 Å². The average molecular weight is 421 g/mol. The lowest BCUT2D eigenvalue weighted by Gasteiger charge is -2.10. The van der Waals surface area contributed by atoms with E-state index in [0.29, 0.717) is 16.9 Å². The zero-order valence-corrected chi connectivity index (χ0v) is 17.0. The molecule has 152 valence electrons. The van der Waals surface area contributed by atoms with Crippen LogP contribution in [0.4, 0.5) is 0 Å². The normalized spacial score (nSPS) is 10.8. The summed E-state index contributed by atoms with van der Waals surface area (Å²) in [5.41, 5.74) is 3.00. The molecule has 0 atom stereocenters. The minimum atomic E-state index is -0.165. The summed E-state index contributed by atoms with van der Waals surface area (Å²) in [4.78, 5) is 20.5. The standard InChI is InChI=1S/C20H19N7O2S/c1-2-14-5-3-4-6-16(14)27-13-23-25-20(27)30-12-17(28)22-11-18-24-19(26-29-18)15-7-9-21-10-8-15/h3-10,13H,2,11-12H2,1H3,(H,22,28). The van der Waals surface area contributed by atoms with Crippen LogP contribution in [0.2, 0.25) is 0 Å². The second-order valence-corrected chi connectivity index (χ2v) is 7.22. The number of pyridine rings is 1. The van der Waals surface area contributed by atoms with E-state index in [0.717, 1.165) is 17.7 Å². The van der Waals surface area contributed by atoms with Gasteiger partial charge in [0.1, 0.15) is 6.33 Å². The van der Waals surface area contributed by atoms with Crippen molar-refractivity contribution >= 4 is 17.7 Å². The number of hydrogen-bond donors (Lipinski definition) is 1. The predicted molar refractivity (Wildman–Crippen MR) is 111 cm³/mol. The molecule has 0 saturated carbocycles. The van der Waals surface area contributed by atoms with Crippen LogP contribution in [0.3, 0.4) is 0 Å². The third-order valence-electron chi connectivity index (χ3n) is 4.32. The van der Waals surface area contributed by atoms with Gasteiger partial charge >= 0.3 is 0 Å². The van der Waals surface area contributed by atoms with Gasteiger partial charge in [-0.25, -0.2) is 0 Å². The molecule has 0 fully saturated rings. The fraction of sp³-hybridized carbons (Fsp3) is 0.200. The van der Waals surface area contributed by atoms with Gasteiger partial charge in [-0.3, -0.25) is 14.3 Å². The number of nitrogens with one attached hydrogen (secondary N) is 1. The molecule has 4 rings (SSSR count). The number of aromatic nitrogens is 6. The van der Waals surface area contributed by atoms with Crippen molar-refractivity contribution in [3.63, 3.8) is 0 Å². The number of carbonyl (C=O) groups excluding carboxylic acids is 1. The third-order valence-corrected chi connectivity index (χ3v) is 5.27. The van der Waals surface area contributed by atoms with E-state index >= 15 is 0 Å². The topological polar surface area (TPSA) is 112 Å². The van der Waals surface area contributed by atoms with Crippen molar-refractivity contribution in [1.82, 2.24) is 35.2 Å². The summed E-state index contributed by atoms with van der Waals surface area (Å²) in [6, 6.07) is 11.6. The van der Waals surface area contributed by atoms with Gasteiger partial charge in [0.25, 0.3) is 0 Å². The first-order valence-corrected chi connectivity index (χ1v) is 10.3. The molecule has 0 spiro atoms. The Labute approximate surface area is 176 Å². The number of carbonyl (C=O) groups is 1. The number of aryl methyl sites for hydroxylation is 1. The number of thioether (sulfide) groups is 1. The van der Waals surface area contributed by atoms with E-state index < -0.39 is 0 Å². The summed E-state index contributed by atoms with van der Waals surface area (Å²) >= 11 is 1.32. The first kappa shape index (κ1) is 19.8. The summed E-state index contributed by atoms with van der Waals surface area (Å²) in [5.74, 6) is 0.819. The average Bonchev–Trinajstić information content (AvgIpc) is 3.46. The molecule has 1 aromatic carbocycles. The quantitative estimate of drug-likeness (QED) is 0.432. The fourth-order valence-corrected chi connectivity index (χ4v) is 3.58. The van der Waals surface area contributed by atoms with Crippen LogP contribution in [-0.2, 0) is 17.8 Å². The molecule has 3 aromatic heterocycles. The van der Waals surface area contributed by atoms with Crippen molar-refractivity contribution in [2.75, 3.05) is 5.75 Å². The van der Waals surface area contributed by atoms with Gasteiger partial charge in [0, 0.05) is 18.0 Å². The molecule has 0 aliphatic heterocycles. The Hall–Kier alpha value is -3.53. The Morgan fingerprint density at radius 1 is 1.20 bits per heavy atom. The highest BCUT2D eigenvalue weighted by Crippen LogP contribution is 2.22. The van der Waals surface area contributed by atoms with E-state index in [2.05, 4.69) is 43.6 Å². The monoisotopic (exact) mass is 421 g/mol. The van der Waals surface area contributed by atoms with Gasteiger partial charge < -0.3 is 9.84 Å². The molecule has 30 heavy (non-hydrogen) atoms. The van der Waals surface area contributed by atoms with Crippen LogP contribution in [0, 0.1) is 0 Å². The SMILES string of the molecule is CCc1ccccc1-n1cnnc1SCC(=O)NCc1nc(-c2ccncc2)no1. The highest BCUT2D eigenvalue weighted by molar-refractivity contribution is 7.99. The van der Waals surface area contributed by atoms with E-state index in [4.69, 9.17) is 4.52 Å². The maximum Gasteiger partial charge on any atom is 0.246 e. The molecule has 0 aliphatic carbocycles. The Balaban J connectivity index is 1.33. The molecular weight excluding hydrogens is 402 g/mol. The van der Waals surface area contributed by atoms with E-state index in [9.17, 15) is 4.79 Å². The number of nitrogens with zero attached hydrogens (tertiary/aromatic N) is 6. The number of hydrogen-bond acceptors (Lipinski definition) is 8. The van der Waals surface area contributed by atoms with Gasteiger partial charge in [-0.15, -0.1) is 10.2 Å². The van der Waals surface area contributed by atoms with E-state index in [-0.39, 0.29) is 18.2 Å². The summed E-state index contributed by atoms with van der Waals surface area (Å²) in [6.45, 7) is 2.25. The van der Waals surface area contributed by atoms with Crippen LogP contribution in [0.1, 0.15) is 18.4 Å². The zero-order valence-electron chi connectivity index (χ0n) is 16.2. The Morgan fingerprint density at radius 2 is 2.03 bits per heavy atom. The summed E-state index contributed by atoms with van der Waals surface area (Å²) in [7, 11) is 0. The number of benzene rings is 1. The largest absolute Gasteiger partial charge is 0.346 e. The summed E-state index contributed by atoms with van der Waals surface area (Å²) in [6.07, 6.45) is 5.86. The predicted octanol–water partition coefficient (Wildman–Crippen LogP) is 2.68. The van der Waals surface area contributed by atoms with E-state index in [1.54, 1.807) is 30.9 Å². The van der Waals surface area contributed by atoms with Gasteiger partial charge in [-0.05, 0) is 30.2 Å². The molecule has 0 aliphatic rings. The lowest BCUT2D eigenvalue weighted by molar-refractivity contribution is -0.118. The zero-order chi connectivity index (χ0) is 20.8. The number of rotatable bonds is 8. The molecular formula is C20H19N7O2S. The highest BCUT2D eigenvalue weighted by Gasteiger charge is 2.13. The lowest BCUT2D eigenvalue weighted by Crippen LogP contribution is -2.24. The second-order valence-electron chi connectivity index (χ2n) is 6.28. The van der Waals surface area contributed by atoms with Crippen molar-refractivity contribution in [2.24, 2.45) is 0 Å². The molecule has 3 heterocycles. The Morgan fingerprint density at radius 3 is 2.87 bits per heavy atom. The first-order valence-electron chi connectivity index (χ1n) is 9.35. The van der Waals surface area contributed by atoms with Crippen molar-refractivity contribution in [3.8, 4) is 17.1 Å². The molecule has 0 radical (unpaired) electrons. The van der Waals surface area contributed by atoms with Gasteiger partial charge in [0.2, 0.25) is 17.6 Å². The van der Waals surface area contributed by atoms with Crippen LogP contribution in [-0.4, -0.2) is 41.5 Å². The minimum absolute atomic E-state index is 0.156. The molecule has 0 unspecified atom stereocenters. The van der Waals surface area contributed by atoms with E-state index in [1.807, 2.05) is 22.8 Å². The van der Waals surface area contributed by atoms with Gasteiger partial charge in [0.05, 0.1) is 18.0 Å². The number of para-hydroxylation sites is 1. The Bertz CT molecular complexity index is 1130. The molecule has 0 bridgehead atoms. The second kappa shape index (κ2) is 9.31. The maximum absolute atomic E-state index is 12.3. The minimum Gasteiger partial charge on any atom is -0.346 e. The molecule has 10 heteroatoms. The smallest absolute Gasteiger partial charge is 0.246 e. The maximum atomic E-state index is 12.3. The lowest BCUT2D eigenvalue weighted by atomic mass is 10.1. The summed E-state index contributed by atoms with van der Waals surface area (Å²) in [5, 5.41) is 15.5. The van der Waals surface area contributed by atoms with Gasteiger partial charge in [0.15, 0.2) is 5.16 Å². The van der Waals surface area contributed by atoms with Crippen molar-refractivity contribution in [3.05, 3.63) is 66.6 Å². The van der Waals surface area contributed by atoms with Crippen molar-refractivity contribution < 1.29 is 9.32 Å². The molecule has 9 nitrogen and oxygen atoms in total. The van der Waals surface area contributed by atoms with E-state index in [1.165, 1.54) is 17.3 Å². The van der Waals surface area contributed by atoms with Crippen LogP contribution < -0.4 is 5.32 Å². The first-order chi connectivity index (χ1) is 14.7. The van der Waals surface area contributed by atoms with Crippen molar-refractivity contribution in [1.29, 1.82) is 0 Å². The summed E-state index contributed by atoms with van der Waals surface area (Å²) < 4.78 is 7.09. The highest BCUT2D eigenvalue weighted by atomic mass is 32.2. The van der Waals surface area contributed by atoms with Crippen LogP contribution in [0.5, 0.6) is 0 Å².